The van der Waals surface area contributed by atoms with Crippen LogP contribution in [-0.2, 0) is 11.3 Å². The van der Waals surface area contributed by atoms with Crippen molar-refractivity contribution < 1.29 is 14.0 Å². The van der Waals surface area contributed by atoms with Crippen molar-refractivity contribution >= 4 is 35.9 Å². The number of nitrogens with one attached hydrogen (secondary N) is 1. The number of carbonyl (C=O) groups excluding carboxylic acids is 2. The molecule has 1 N–H and O–H groups in total. The lowest BCUT2D eigenvalue weighted by Gasteiger charge is -2.38. The molecule has 3 aliphatic rings. The molecule has 1 unspecified atom stereocenters. The van der Waals surface area contributed by atoms with Crippen molar-refractivity contribution in [2.24, 2.45) is 15.9 Å². The van der Waals surface area contributed by atoms with E-state index in [2.05, 4.69) is 33.4 Å². The average molecular weight is 435 g/mol. The summed E-state index contributed by atoms with van der Waals surface area (Å²) in [6.07, 6.45) is 9.91. The van der Waals surface area contributed by atoms with Gasteiger partial charge in [0.2, 0.25) is 0 Å². The second-order valence-corrected chi connectivity index (χ2v) is 8.49. The zero-order valence-electron chi connectivity index (χ0n) is 18.2. The fraction of sp³-hybridized carbons (Fsp3) is 0.360. The maximum absolute atomic E-state index is 15.3. The molecule has 0 aliphatic carbocycles. The van der Waals surface area contributed by atoms with Gasteiger partial charge in [0.15, 0.2) is 5.82 Å². The van der Waals surface area contributed by atoms with E-state index in [1.54, 1.807) is 18.5 Å². The number of fused-ring (bicyclic) bond motifs is 1. The molecule has 1 aromatic rings. The molecule has 3 heterocycles. The summed E-state index contributed by atoms with van der Waals surface area (Å²) >= 11 is 0. The summed E-state index contributed by atoms with van der Waals surface area (Å²) in [6.45, 7) is 11.2. The number of amides is 1. The van der Waals surface area contributed by atoms with Gasteiger partial charge in [-0.05, 0) is 49.1 Å². The Morgan fingerprint density at radius 2 is 2.28 bits per heavy atom. The third kappa shape index (κ3) is 4.12. The number of carbonyl (C=O) groups is 2. The Balaban J connectivity index is 1.67. The minimum absolute atomic E-state index is 0.0183. The Bertz CT molecular complexity index is 1070. The fourth-order valence-electron chi connectivity index (χ4n) is 4.67. The molecule has 3 atom stereocenters. The summed E-state index contributed by atoms with van der Waals surface area (Å²) in [5.74, 6) is -0.716. The Kier molecular flexibility index (Phi) is 6.28. The Hall–Kier alpha value is -3.19. The smallest absolute Gasteiger partial charge is 0.252 e. The number of nitrogens with zero attached hydrogens (tertiary/aromatic N) is 3. The van der Waals surface area contributed by atoms with E-state index in [9.17, 15) is 9.59 Å². The normalized spacial score (nSPS) is 25.0. The molecule has 6 nitrogen and oxygen atoms in total. The maximum Gasteiger partial charge on any atom is 0.252 e. The van der Waals surface area contributed by atoms with Crippen LogP contribution in [0, 0.1) is 11.7 Å². The van der Waals surface area contributed by atoms with E-state index in [0.717, 1.165) is 31.2 Å². The van der Waals surface area contributed by atoms with Crippen LogP contribution in [0.2, 0.25) is 0 Å². The molecule has 7 heteroatoms. The minimum atomic E-state index is -0.473. The first-order valence-electron chi connectivity index (χ1n) is 10.9. The number of benzene rings is 1. The quantitative estimate of drug-likeness (QED) is 0.308. The third-order valence-electron chi connectivity index (χ3n) is 6.24. The summed E-state index contributed by atoms with van der Waals surface area (Å²) in [5.41, 5.74) is 2.91. The van der Waals surface area contributed by atoms with Gasteiger partial charge >= 0.3 is 0 Å². The molecule has 32 heavy (non-hydrogen) atoms. The van der Waals surface area contributed by atoms with Gasteiger partial charge in [-0.1, -0.05) is 18.7 Å². The SMILES string of the molecule is C=C[C@H]1[C@@H](/C=N/c2cc(C3=CC(C)N=C3)c3c(c2F)CNC3=O)CCCN1CC(=C)C=O. The third-order valence-corrected chi connectivity index (χ3v) is 6.24. The molecular weight excluding hydrogens is 407 g/mol. The molecule has 0 bridgehead atoms. The Labute approximate surface area is 187 Å². The predicted octanol–water partition coefficient (Wildman–Crippen LogP) is 3.65. The van der Waals surface area contributed by atoms with Crippen molar-refractivity contribution in [3.63, 3.8) is 0 Å². The summed E-state index contributed by atoms with van der Waals surface area (Å²) in [5, 5.41) is 2.72. The van der Waals surface area contributed by atoms with Crippen molar-refractivity contribution in [3.05, 3.63) is 59.5 Å². The molecule has 1 aromatic carbocycles. The zero-order valence-corrected chi connectivity index (χ0v) is 18.2. The van der Waals surface area contributed by atoms with Crippen LogP contribution in [0.5, 0.6) is 0 Å². The van der Waals surface area contributed by atoms with E-state index >= 15 is 4.39 Å². The number of rotatable bonds is 7. The van der Waals surface area contributed by atoms with Crippen molar-refractivity contribution in [3.8, 4) is 0 Å². The molecule has 3 aliphatic heterocycles. The van der Waals surface area contributed by atoms with Gasteiger partial charge in [0.05, 0.1) is 17.3 Å². The van der Waals surface area contributed by atoms with Gasteiger partial charge in [-0.3, -0.25) is 24.5 Å². The molecule has 1 amide bonds. The van der Waals surface area contributed by atoms with Crippen LogP contribution in [0.15, 0.2) is 46.9 Å². The molecule has 0 spiro atoms. The lowest BCUT2D eigenvalue weighted by molar-refractivity contribution is -0.105. The topological polar surface area (TPSA) is 74.1 Å². The van der Waals surface area contributed by atoms with Crippen LogP contribution < -0.4 is 5.32 Å². The van der Waals surface area contributed by atoms with Gasteiger partial charge in [0.25, 0.3) is 5.91 Å². The van der Waals surface area contributed by atoms with Gasteiger partial charge in [-0.15, -0.1) is 6.58 Å². The van der Waals surface area contributed by atoms with Crippen LogP contribution >= 0.6 is 0 Å². The van der Waals surface area contributed by atoms with E-state index in [-0.39, 0.29) is 36.1 Å². The van der Waals surface area contributed by atoms with Crippen molar-refractivity contribution in [2.75, 3.05) is 13.1 Å². The van der Waals surface area contributed by atoms with Gasteiger partial charge in [-0.2, -0.15) is 0 Å². The number of halogens is 1. The maximum atomic E-state index is 15.3. The van der Waals surface area contributed by atoms with Gasteiger partial charge in [0.1, 0.15) is 6.29 Å². The monoisotopic (exact) mass is 434 g/mol. The van der Waals surface area contributed by atoms with E-state index in [0.29, 0.717) is 28.8 Å². The highest BCUT2D eigenvalue weighted by atomic mass is 19.1. The van der Waals surface area contributed by atoms with Crippen LogP contribution in [0.4, 0.5) is 10.1 Å². The van der Waals surface area contributed by atoms with E-state index in [1.807, 2.05) is 19.1 Å². The molecule has 1 saturated heterocycles. The Morgan fingerprint density at radius 1 is 1.47 bits per heavy atom. The van der Waals surface area contributed by atoms with Gasteiger partial charge in [-0.25, -0.2) is 4.39 Å². The van der Waals surface area contributed by atoms with E-state index in [1.165, 1.54) is 0 Å². The van der Waals surface area contributed by atoms with Crippen LogP contribution in [0.25, 0.3) is 5.57 Å². The number of hydrogen-bond donors (Lipinski definition) is 1. The Morgan fingerprint density at radius 3 is 2.97 bits per heavy atom. The van der Waals surface area contributed by atoms with Crippen molar-refractivity contribution in [1.29, 1.82) is 0 Å². The summed E-state index contributed by atoms with van der Waals surface area (Å²) in [4.78, 5) is 34.4. The standard InChI is InChI=1S/C25H27FN4O2/c1-4-22-17(6-5-7-30(22)13-15(2)14-31)10-28-21-9-19(18-8-16(3)27-11-18)23-20(24(21)26)12-29-25(23)32/h4,8-11,14,16-17,22H,1-2,5-7,12-13H2,3H3,(H,29,32)/b28-10+/t16?,17-,22+/m1/s1. The van der Waals surface area contributed by atoms with Gasteiger partial charge in [0, 0.05) is 43.0 Å². The second-order valence-electron chi connectivity index (χ2n) is 8.49. The van der Waals surface area contributed by atoms with Crippen LogP contribution in [0.1, 0.15) is 41.3 Å². The number of aldehydes is 1. The lowest BCUT2D eigenvalue weighted by atomic mass is 9.89. The molecule has 166 valence electrons. The number of likely N-dealkylation sites (tertiary alicyclic amines) is 1. The van der Waals surface area contributed by atoms with Crippen molar-refractivity contribution in [1.82, 2.24) is 10.2 Å². The first kappa shape index (κ1) is 22.0. The molecule has 0 saturated carbocycles. The van der Waals surface area contributed by atoms with E-state index < -0.39 is 5.82 Å². The number of aliphatic imine (C=N–C) groups is 2. The highest BCUT2D eigenvalue weighted by Crippen LogP contribution is 2.35. The van der Waals surface area contributed by atoms with Crippen molar-refractivity contribution in [2.45, 2.75) is 38.4 Å². The first-order valence-corrected chi connectivity index (χ1v) is 10.9. The molecule has 0 aromatic heterocycles. The summed E-state index contributed by atoms with van der Waals surface area (Å²) in [7, 11) is 0. The average Bonchev–Trinajstić information content (AvgIpc) is 3.39. The highest BCUT2D eigenvalue weighted by molar-refractivity contribution is 6.17. The number of piperidine rings is 1. The molecular formula is C25H27FN4O2. The second kappa shape index (κ2) is 9.12. The lowest BCUT2D eigenvalue weighted by Crippen LogP contribution is -2.45. The van der Waals surface area contributed by atoms with Crippen LogP contribution in [0.3, 0.4) is 0 Å². The molecule has 1 fully saturated rings. The minimum Gasteiger partial charge on any atom is -0.348 e. The van der Waals surface area contributed by atoms with Gasteiger partial charge < -0.3 is 5.32 Å². The number of allylic oxidation sites excluding steroid dienone is 1. The largest absolute Gasteiger partial charge is 0.348 e. The fourth-order valence-corrected chi connectivity index (χ4v) is 4.67. The molecule has 4 rings (SSSR count). The predicted molar refractivity (Wildman–Crippen MR) is 125 cm³/mol. The van der Waals surface area contributed by atoms with E-state index in [4.69, 9.17) is 0 Å². The highest BCUT2D eigenvalue weighted by Gasteiger charge is 2.31. The van der Waals surface area contributed by atoms with Crippen LogP contribution in [-0.4, -0.2) is 54.7 Å². The zero-order chi connectivity index (χ0) is 22.8. The summed E-state index contributed by atoms with van der Waals surface area (Å²) < 4.78 is 15.3. The number of hydrogen-bond acceptors (Lipinski definition) is 5. The summed E-state index contributed by atoms with van der Waals surface area (Å²) in [6, 6.07) is 1.64. The first-order chi connectivity index (χ1) is 15.4. The molecule has 0 radical (unpaired) electrons.